The number of para-hydroxylation sites is 2. The lowest BCUT2D eigenvalue weighted by Crippen LogP contribution is -2.11. The summed E-state index contributed by atoms with van der Waals surface area (Å²) < 4.78 is 13.0. The first-order valence-corrected chi connectivity index (χ1v) is 15.9. The third kappa shape index (κ3) is 4.00. The van der Waals surface area contributed by atoms with Gasteiger partial charge in [0, 0.05) is 49.9 Å². The predicted molar refractivity (Wildman–Crippen MR) is 196 cm³/mol. The van der Waals surface area contributed by atoms with Gasteiger partial charge in [0.1, 0.15) is 22.3 Å². The van der Waals surface area contributed by atoms with Gasteiger partial charge in [0.2, 0.25) is 0 Å². The third-order valence-electron chi connectivity index (χ3n) is 9.44. The predicted octanol–water partition coefficient (Wildman–Crippen LogP) is 12.9. The van der Waals surface area contributed by atoms with Crippen molar-refractivity contribution in [2.45, 2.75) is 0 Å². The third-order valence-corrected chi connectivity index (χ3v) is 9.44. The number of nitrogens with zero attached hydrogens (tertiary/aromatic N) is 1. The van der Waals surface area contributed by atoms with Crippen LogP contribution in [0.3, 0.4) is 0 Å². The van der Waals surface area contributed by atoms with E-state index in [9.17, 15) is 0 Å². The minimum absolute atomic E-state index is 0.861. The Morgan fingerprint density at radius 1 is 0.383 bits per heavy atom. The van der Waals surface area contributed by atoms with E-state index in [4.69, 9.17) is 8.83 Å². The highest BCUT2D eigenvalue weighted by atomic mass is 16.3. The molecule has 3 heteroatoms. The molecular formula is C44H27NO2. The van der Waals surface area contributed by atoms with E-state index in [1.165, 1.54) is 10.8 Å². The molecule has 2 aromatic heterocycles. The molecule has 0 N–H and O–H groups in total. The molecule has 0 bridgehead atoms. The van der Waals surface area contributed by atoms with Gasteiger partial charge in [0.15, 0.2) is 0 Å². The van der Waals surface area contributed by atoms with E-state index in [1.807, 2.05) is 12.1 Å². The van der Waals surface area contributed by atoms with Crippen molar-refractivity contribution in [2.75, 3.05) is 4.90 Å². The number of fused-ring (bicyclic) bond motifs is 10. The van der Waals surface area contributed by atoms with E-state index in [-0.39, 0.29) is 0 Å². The minimum atomic E-state index is 0.861. The number of benzene rings is 8. The Hall–Kier alpha value is -6.32. The van der Waals surface area contributed by atoms with Crippen molar-refractivity contribution in [3.05, 3.63) is 164 Å². The van der Waals surface area contributed by atoms with E-state index in [2.05, 4.69) is 157 Å². The van der Waals surface area contributed by atoms with Crippen molar-refractivity contribution in [1.29, 1.82) is 0 Å². The van der Waals surface area contributed by atoms with E-state index >= 15 is 0 Å². The molecule has 2 heterocycles. The summed E-state index contributed by atoms with van der Waals surface area (Å²) in [5.74, 6) is 0. The quantitative estimate of drug-likeness (QED) is 0.201. The van der Waals surface area contributed by atoms with Crippen LogP contribution in [-0.2, 0) is 0 Å². The highest BCUT2D eigenvalue weighted by Crippen LogP contribution is 2.45. The van der Waals surface area contributed by atoms with Crippen LogP contribution in [0.15, 0.2) is 173 Å². The van der Waals surface area contributed by atoms with Gasteiger partial charge < -0.3 is 13.7 Å². The van der Waals surface area contributed by atoms with Gasteiger partial charge in [-0.25, -0.2) is 0 Å². The zero-order valence-electron chi connectivity index (χ0n) is 25.4. The Labute approximate surface area is 270 Å². The van der Waals surface area contributed by atoms with Crippen LogP contribution in [0.4, 0.5) is 17.1 Å². The highest BCUT2D eigenvalue weighted by Gasteiger charge is 2.20. The number of anilines is 3. The van der Waals surface area contributed by atoms with E-state index in [1.54, 1.807) is 0 Å². The second-order valence-electron chi connectivity index (χ2n) is 12.1. The summed E-state index contributed by atoms with van der Waals surface area (Å²) >= 11 is 0. The fraction of sp³-hybridized carbons (Fsp3) is 0. The molecule has 0 atom stereocenters. The first-order valence-electron chi connectivity index (χ1n) is 15.9. The van der Waals surface area contributed by atoms with Crippen LogP contribution in [0.2, 0.25) is 0 Å². The average molecular weight is 602 g/mol. The molecule has 10 aromatic rings. The normalized spacial score (nSPS) is 11.8. The summed E-state index contributed by atoms with van der Waals surface area (Å²) in [5.41, 5.74) is 9.05. The topological polar surface area (TPSA) is 29.5 Å². The number of hydrogen-bond donors (Lipinski definition) is 0. The van der Waals surface area contributed by atoms with Gasteiger partial charge in [-0.2, -0.15) is 0 Å². The van der Waals surface area contributed by atoms with Crippen LogP contribution in [0.25, 0.3) is 76.5 Å². The number of hydrogen-bond acceptors (Lipinski definition) is 3. The van der Waals surface area contributed by atoms with Crippen LogP contribution >= 0.6 is 0 Å². The maximum atomic E-state index is 6.67. The van der Waals surface area contributed by atoms with Crippen LogP contribution in [0.5, 0.6) is 0 Å². The summed E-state index contributed by atoms with van der Waals surface area (Å²) in [6, 6.07) is 57.9. The minimum Gasteiger partial charge on any atom is -0.456 e. The lowest BCUT2D eigenvalue weighted by atomic mass is 10.00. The molecule has 47 heavy (non-hydrogen) atoms. The van der Waals surface area contributed by atoms with Gasteiger partial charge >= 0.3 is 0 Å². The van der Waals surface area contributed by atoms with Crippen LogP contribution in [0.1, 0.15) is 0 Å². The van der Waals surface area contributed by atoms with Gasteiger partial charge in [-0.3, -0.25) is 0 Å². The standard InChI is InChI=1S/C44H27NO2/c1-2-10-28(11-3-1)33-13-6-8-16-39(33)45(31-21-18-30-20-25-41-43(38(30)26-31)37-15-7-9-17-40(37)46-41)32-22-24-35-36-23-19-29-12-4-5-14-34(29)44(36)47-42(35)27-32/h1-27H. The van der Waals surface area contributed by atoms with E-state index in [0.717, 1.165) is 82.8 Å². The first kappa shape index (κ1) is 26.0. The number of rotatable bonds is 4. The molecule has 0 unspecified atom stereocenters. The molecule has 220 valence electrons. The van der Waals surface area contributed by atoms with Gasteiger partial charge in [0.05, 0.1) is 5.69 Å². The molecule has 0 aliphatic carbocycles. The molecule has 0 radical (unpaired) electrons. The molecular weight excluding hydrogens is 574 g/mol. The molecule has 0 saturated carbocycles. The SMILES string of the molecule is c1ccc(-c2ccccc2N(c2ccc3c(c2)oc2c4ccccc4ccc32)c2ccc3ccc4oc5ccccc5c4c3c2)cc1. The molecule has 0 aliphatic rings. The largest absolute Gasteiger partial charge is 0.456 e. The van der Waals surface area contributed by atoms with Crippen molar-refractivity contribution in [3.8, 4) is 11.1 Å². The molecule has 0 aliphatic heterocycles. The molecule has 10 rings (SSSR count). The Kier molecular flexibility index (Phi) is 5.57. The van der Waals surface area contributed by atoms with Gasteiger partial charge in [0.25, 0.3) is 0 Å². The number of furan rings is 2. The molecule has 0 saturated heterocycles. The van der Waals surface area contributed by atoms with E-state index < -0.39 is 0 Å². The van der Waals surface area contributed by atoms with E-state index in [0.29, 0.717) is 0 Å². The maximum Gasteiger partial charge on any atom is 0.143 e. The molecule has 0 spiro atoms. The molecule has 0 amide bonds. The Balaban J connectivity index is 1.25. The lowest BCUT2D eigenvalue weighted by molar-refractivity contribution is 0.669. The van der Waals surface area contributed by atoms with Crippen molar-refractivity contribution >= 4 is 82.5 Å². The molecule has 8 aromatic carbocycles. The van der Waals surface area contributed by atoms with Crippen LogP contribution < -0.4 is 4.90 Å². The molecule has 3 nitrogen and oxygen atoms in total. The summed E-state index contributed by atoms with van der Waals surface area (Å²) in [6.45, 7) is 0. The second kappa shape index (κ2) is 10.1. The second-order valence-corrected chi connectivity index (χ2v) is 12.1. The zero-order valence-corrected chi connectivity index (χ0v) is 25.4. The van der Waals surface area contributed by atoms with Gasteiger partial charge in [-0.1, -0.05) is 109 Å². The summed E-state index contributed by atoms with van der Waals surface area (Å²) in [5, 5.41) is 9.12. The molecule has 0 fully saturated rings. The lowest BCUT2D eigenvalue weighted by Gasteiger charge is -2.28. The summed E-state index contributed by atoms with van der Waals surface area (Å²) in [6.07, 6.45) is 0. The Bertz CT molecular complexity index is 2810. The van der Waals surface area contributed by atoms with Crippen molar-refractivity contribution in [3.63, 3.8) is 0 Å². The van der Waals surface area contributed by atoms with Crippen LogP contribution in [0, 0.1) is 0 Å². The fourth-order valence-electron chi connectivity index (χ4n) is 7.26. The maximum absolute atomic E-state index is 6.67. The van der Waals surface area contributed by atoms with Crippen molar-refractivity contribution in [2.24, 2.45) is 0 Å². The summed E-state index contributed by atoms with van der Waals surface area (Å²) in [7, 11) is 0. The zero-order chi connectivity index (χ0) is 30.9. The van der Waals surface area contributed by atoms with Gasteiger partial charge in [-0.05, 0) is 70.3 Å². The Morgan fingerprint density at radius 3 is 2.00 bits per heavy atom. The summed E-state index contributed by atoms with van der Waals surface area (Å²) in [4.78, 5) is 2.35. The smallest absolute Gasteiger partial charge is 0.143 e. The fourth-order valence-corrected chi connectivity index (χ4v) is 7.26. The first-order chi connectivity index (χ1) is 23.3. The average Bonchev–Trinajstić information content (AvgIpc) is 3.71. The van der Waals surface area contributed by atoms with Crippen molar-refractivity contribution < 1.29 is 8.83 Å². The highest BCUT2D eigenvalue weighted by molar-refractivity contribution is 6.20. The van der Waals surface area contributed by atoms with Crippen molar-refractivity contribution in [1.82, 2.24) is 0 Å². The van der Waals surface area contributed by atoms with Crippen LogP contribution in [-0.4, -0.2) is 0 Å². The monoisotopic (exact) mass is 601 g/mol. The van der Waals surface area contributed by atoms with Gasteiger partial charge in [-0.15, -0.1) is 0 Å². The Morgan fingerprint density at radius 2 is 1.06 bits per heavy atom.